The van der Waals surface area contributed by atoms with Crippen LogP contribution in [0.5, 0.6) is 0 Å². The quantitative estimate of drug-likeness (QED) is 0.672. The summed E-state index contributed by atoms with van der Waals surface area (Å²) in [5.41, 5.74) is 0.234. The molecular formula is C20H27N5O4S. The molecule has 1 atom stereocenters. The number of amides is 1. The van der Waals surface area contributed by atoms with E-state index in [0.717, 1.165) is 6.42 Å². The van der Waals surface area contributed by atoms with Crippen LogP contribution in [-0.2, 0) is 10.0 Å². The first kappa shape index (κ1) is 22.3. The highest BCUT2D eigenvalue weighted by Gasteiger charge is 2.30. The number of benzene rings is 1. The number of nitrogens with zero attached hydrogens (tertiary/aromatic N) is 4. The first-order chi connectivity index (χ1) is 14.3. The zero-order valence-electron chi connectivity index (χ0n) is 17.2. The number of aromatic nitrogens is 2. The minimum atomic E-state index is -3.72. The molecule has 1 aromatic carbocycles. The van der Waals surface area contributed by atoms with E-state index < -0.39 is 15.9 Å². The fourth-order valence-electron chi connectivity index (χ4n) is 3.47. The third kappa shape index (κ3) is 5.01. The molecular weight excluding hydrogens is 406 g/mol. The molecule has 1 unspecified atom stereocenters. The number of anilines is 1. The van der Waals surface area contributed by atoms with Crippen molar-refractivity contribution in [2.45, 2.75) is 31.2 Å². The number of aliphatic hydroxyl groups excluding tert-OH is 1. The normalized spacial score (nSPS) is 16.9. The maximum Gasteiger partial charge on any atom is 0.256 e. The number of nitrogens with one attached hydrogen (secondary N) is 1. The Morgan fingerprint density at radius 2 is 1.97 bits per heavy atom. The molecule has 1 fully saturated rings. The minimum absolute atomic E-state index is 0.0484. The number of rotatable bonds is 7. The Balaban J connectivity index is 1.72. The van der Waals surface area contributed by atoms with Crippen LogP contribution in [0.15, 0.2) is 41.4 Å². The summed E-state index contributed by atoms with van der Waals surface area (Å²) in [6.07, 6.45) is 2.35. The lowest BCUT2D eigenvalue weighted by atomic mass is 10.2. The second-order valence-electron chi connectivity index (χ2n) is 7.16. The first-order valence-electron chi connectivity index (χ1n) is 9.91. The number of sulfonamides is 1. The van der Waals surface area contributed by atoms with E-state index in [2.05, 4.69) is 20.2 Å². The predicted molar refractivity (Wildman–Crippen MR) is 113 cm³/mol. The Labute approximate surface area is 176 Å². The van der Waals surface area contributed by atoms with Crippen LogP contribution in [0.3, 0.4) is 0 Å². The summed E-state index contributed by atoms with van der Waals surface area (Å²) in [6, 6.07) is 7.62. The van der Waals surface area contributed by atoms with Crippen molar-refractivity contribution < 1.29 is 18.3 Å². The van der Waals surface area contributed by atoms with Gasteiger partial charge in [-0.15, -0.1) is 0 Å². The molecule has 2 N–H and O–H groups in total. The molecule has 2 heterocycles. The zero-order valence-corrected chi connectivity index (χ0v) is 18.0. The van der Waals surface area contributed by atoms with E-state index in [9.17, 15) is 18.3 Å². The van der Waals surface area contributed by atoms with Crippen molar-refractivity contribution in [2.75, 3.05) is 38.1 Å². The average molecular weight is 434 g/mol. The number of aliphatic hydroxyl groups is 1. The molecule has 9 nitrogen and oxygen atoms in total. The van der Waals surface area contributed by atoms with Gasteiger partial charge in [-0.2, -0.15) is 4.31 Å². The molecule has 0 saturated carbocycles. The molecule has 162 valence electrons. The molecule has 0 aliphatic carbocycles. The number of hydrogen-bond acceptors (Lipinski definition) is 7. The van der Waals surface area contributed by atoms with Gasteiger partial charge in [0.2, 0.25) is 10.0 Å². The Kier molecular flexibility index (Phi) is 7.14. The van der Waals surface area contributed by atoms with Crippen molar-refractivity contribution in [3.63, 3.8) is 0 Å². The molecule has 1 aromatic heterocycles. The van der Waals surface area contributed by atoms with Gasteiger partial charge in [0.15, 0.2) is 0 Å². The monoisotopic (exact) mass is 433 g/mol. The maximum absolute atomic E-state index is 13.1. The SMILES string of the molecule is CCC(CO)N1CCN(S(=O)(=O)c2cccc(C(=O)Nc3ccnc(C)n3)c2)CC1. The van der Waals surface area contributed by atoms with Gasteiger partial charge in [0.25, 0.3) is 5.91 Å². The largest absolute Gasteiger partial charge is 0.395 e. The summed E-state index contributed by atoms with van der Waals surface area (Å²) < 4.78 is 27.6. The summed E-state index contributed by atoms with van der Waals surface area (Å²) in [6.45, 7) is 5.59. The fourth-order valence-corrected chi connectivity index (χ4v) is 4.94. The molecule has 0 radical (unpaired) electrons. The van der Waals surface area contributed by atoms with Gasteiger partial charge < -0.3 is 10.4 Å². The average Bonchev–Trinajstić information content (AvgIpc) is 2.75. The van der Waals surface area contributed by atoms with Crippen molar-refractivity contribution in [3.05, 3.63) is 47.9 Å². The van der Waals surface area contributed by atoms with Crippen LogP contribution in [0.4, 0.5) is 5.82 Å². The van der Waals surface area contributed by atoms with Crippen LogP contribution in [0.25, 0.3) is 0 Å². The van der Waals surface area contributed by atoms with Gasteiger partial charge in [0.1, 0.15) is 11.6 Å². The van der Waals surface area contributed by atoms with Gasteiger partial charge in [0.05, 0.1) is 11.5 Å². The summed E-state index contributed by atoms with van der Waals surface area (Å²) in [5.74, 6) is 0.435. The lowest BCUT2D eigenvalue weighted by molar-refractivity contribution is 0.0881. The number of piperazine rings is 1. The highest BCUT2D eigenvalue weighted by molar-refractivity contribution is 7.89. The van der Waals surface area contributed by atoms with Crippen molar-refractivity contribution in [2.24, 2.45) is 0 Å². The molecule has 1 aliphatic rings. The standard InChI is InChI=1S/C20H27N5O4S/c1-3-17(14-26)24-9-11-25(12-10-24)30(28,29)18-6-4-5-16(13-18)20(27)23-19-7-8-21-15(2)22-19/h4-8,13,17,26H,3,9-12,14H2,1-2H3,(H,21,22,23,27). The summed E-state index contributed by atoms with van der Waals surface area (Å²) in [5, 5.41) is 12.1. The summed E-state index contributed by atoms with van der Waals surface area (Å²) in [4.78, 5) is 22.9. The number of aryl methyl sites for hydroxylation is 1. The van der Waals surface area contributed by atoms with Crippen molar-refractivity contribution >= 4 is 21.7 Å². The van der Waals surface area contributed by atoms with Crippen molar-refractivity contribution in [1.82, 2.24) is 19.2 Å². The van der Waals surface area contributed by atoms with Crippen LogP contribution in [0, 0.1) is 6.92 Å². The Hall–Kier alpha value is -2.40. The van der Waals surface area contributed by atoms with Crippen LogP contribution in [-0.4, -0.2) is 77.4 Å². The van der Waals surface area contributed by atoms with Gasteiger partial charge in [-0.25, -0.2) is 18.4 Å². The summed E-state index contributed by atoms with van der Waals surface area (Å²) in [7, 11) is -3.72. The van der Waals surface area contributed by atoms with Gasteiger partial charge in [-0.1, -0.05) is 13.0 Å². The lowest BCUT2D eigenvalue weighted by Crippen LogP contribution is -2.52. The van der Waals surface area contributed by atoms with E-state index in [0.29, 0.717) is 37.8 Å². The number of carbonyl (C=O) groups excluding carboxylic acids is 1. The smallest absolute Gasteiger partial charge is 0.256 e. The Morgan fingerprint density at radius 3 is 2.60 bits per heavy atom. The molecule has 1 aliphatic heterocycles. The molecule has 0 bridgehead atoms. The molecule has 3 rings (SSSR count). The number of carbonyl (C=O) groups is 1. The third-order valence-electron chi connectivity index (χ3n) is 5.22. The fraction of sp³-hybridized carbons (Fsp3) is 0.450. The molecule has 1 saturated heterocycles. The highest BCUT2D eigenvalue weighted by Crippen LogP contribution is 2.20. The van der Waals surface area contributed by atoms with Crippen LogP contribution in [0.1, 0.15) is 29.5 Å². The van der Waals surface area contributed by atoms with Crippen LogP contribution >= 0.6 is 0 Å². The summed E-state index contributed by atoms with van der Waals surface area (Å²) >= 11 is 0. The maximum atomic E-state index is 13.1. The van der Waals surface area contributed by atoms with E-state index in [1.807, 2.05) is 6.92 Å². The van der Waals surface area contributed by atoms with E-state index in [-0.39, 0.29) is 23.1 Å². The van der Waals surface area contributed by atoms with Crippen LogP contribution in [0.2, 0.25) is 0 Å². The molecule has 10 heteroatoms. The second kappa shape index (κ2) is 9.61. The molecule has 2 aromatic rings. The van der Waals surface area contributed by atoms with Crippen molar-refractivity contribution in [3.8, 4) is 0 Å². The topological polar surface area (TPSA) is 116 Å². The molecule has 30 heavy (non-hydrogen) atoms. The minimum Gasteiger partial charge on any atom is -0.395 e. The first-order valence-corrected chi connectivity index (χ1v) is 11.3. The van der Waals surface area contributed by atoms with E-state index in [4.69, 9.17) is 0 Å². The van der Waals surface area contributed by atoms with E-state index in [1.54, 1.807) is 31.3 Å². The Bertz CT molecular complexity index is 986. The van der Waals surface area contributed by atoms with Gasteiger partial charge >= 0.3 is 0 Å². The molecule has 1 amide bonds. The molecule has 0 spiro atoms. The lowest BCUT2D eigenvalue weighted by Gasteiger charge is -2.37. The highest BCUT2D eigenvalue weighted by atomic mass is 32.2. The Morgan fingerprint density at radius 1 is 1.23 bits per heavy atom. The third-order valence-corrected chi connectivity index (χ3v) is 7.12. The van der Waals surface area contributed by atoms with E-state index in [1.165, 1.54) is 16.4 Å². The van der Waals surface area contributed by atoms with E-state index >= 15 is 0 Å². The predicted octanol–water partition coefficient (Wildman–Crippen LogP) is 1.11. The van der Waals surface area contributed by atoms with Crippen LogP contribution < -0.4 is 5.32 Å². The number of hydrogen-bond donors (Lipinski definition) is 2. The second-order valence-corrected chi connectivity index (χ2v) is 9.09. The van der Waals surface area contributed by atoms with Crippen molar-refractivity contribution in [1.29, 1.82) is 0 Å². The van der Waals surface area contributed by atoms with Gasteiger partial charge in [0, 0.05) is 44.0 Å². The zero-order chi connectivity index (χ0) is 21.7. The van der Waals surface area contributed by atoms with Gasteiger partial charge in [-0.3, -0.25) is 9.69 Å². The van der Waals surface area contributed by atoms with Gasteiger partial charge in [-0.05, 0) is 37.6 Å².